The lowest BCUT2D eigenvalue weighted by Gasteiger charge is -2.41. The van der Waals surface area contributed by atoms with E-state index in [0.29, 0.717) is 0 Å². The van der Waals surface area contributed by atoms with Gasteiger partial charge in [0.1, 0.15) is 11.3 Å². The number of hydrogen-bond acceptors (Lipinski definition) is 2. The van der Waals surface area contributed by atoms with Crippen LogP contribution in [0.15, 0.2) is 88.9 Å². The van der Waals surface area contributed by atoms with Gasteiger partial charge in [0.05, 0.1) is 5.41 Å². The third-order valence-corrected chi connectivity index (χ3v) is 7.95. The first-order valence-electron chi connectivity index (χ1n) is 12.0. The smallest absolute Gasteiger partial charge is 0.137 e. The third-order valence-electron chi connectivity index (χ3n) is 7.95. The Labute approximate surface area is 192 Å². The van der Waals surface area contributed by atoms with Crippen LogP contribution in [0, 0.1) is 0 Å². The van der Waals surface area contributed by atoms with Crippen LogP contribution < -0.4 is 5.32 Å². The number of benzene rings is 3. The molecule has 1 spiro atoms. The van der Waals surface area contributed by atoms with Crippen LogP contribution in [0.5, 0.6) is 0 Å². The van der Waals surface area contributed by atoms with Crippen LogP contribution in [0.1, 0.15) is 52.8 Å². The first kappa shape index (κ1) is 17.7. The van der Waals surface area contributed by atoms with Crippen LogP contribution >= 0.6 is 0 Å². The van der Waals surface area contributed by atoms with Crippen molar-refractivity contribution in [3.63, 3.8) is 0 Å². The van der Waals surface area contributed by atoms with Crippen molar-refractivity contribution >= 4 is 34.0 Å². The number of para-hydroxylation sites is 1. The van der Waals surface area contributed by atoms with Crippen LogP contribution in [-0.4, -0.2) is 0 Å². The first-order valence-corrected chi connectivity index (χ1v) is 12.0. The predicted octanol–water partition coefficient (Wildman–Crippen LogP) is 7.90. The van der Waals surface area contributed by atoms with Crippen molar-refractivity contribution in [3.8, 4) is 0 Å². The fourth-order valence-corrected chi connectivity index (χ4v) is 6.68. The Bertz CT molecular complexity index is 1590. The van der Waals surface area contributed by atoms with E-state index in [2.05, 4.69) is 90.3 Å². The molecular formula is C31H23NO. The molecule has 3 aromatic carbocycles. The number of fused-ring (bicyclic) bond motifs is 12. The highest BCUT2D eigenvalue weighted by Crippen LogP contribution is 2.63. The minimum atomic E-state index is -0.309. The molecule has 0 bridgehead atoms. The molecular weight excluding hydrogens is 402 g/mol. The normalized spacial score (nSPS) is 21.5. The maximum atomic E-state index is 6.35. The van der Waals surface area contributed by atoms with Crippen molar-refractivity contribution < 1.29 is 4.42 Å². The summed E-state index contributed by atoms with van der Waals surface area (Å²) in [5, 5.41) is 4.99. The fraction of sp³-hybridized carbons (Fsp3) is 0.161. The highest BCUT2D eigenvalue weighted by molar-refractivity contribution is 6.01. The molecule has 33 heavy (non-hydrogen) atoms. The van der Waals surface area contributed by atoms with E-state index in [-0.39, 0.29) is 5.41 Å². The second-order valence-electron chi connectivity index (χ2n) is 9.55. The zero-order valence-corrected chi connectivity index (χ0v) is 18.3. The summed E-state index contributed by atoms with van der Waals surface area (Å²) in [7, 11) is 0. The van der Waals surface area contributed by atoms with E-state index in [1.165, 1.54) is 50.0 Å². The van der Waals surface area contributed by atoms with E-state index >= 15 is 0 Å². The van der Waals surface area contributed by atoms with Crippen LogP contribution in [0.2, 0.25) is 0 Å². The van der Waals surface area contributed by atoms with Gasteiger partial charge in [-0.3, -0.25) is 0 Å². The molecule has 0 saturated carbocycles. The van der Waals surface area contributed by atoms with Crippen molar-refractivity contribution in [1.82, 2.24) is 0 Å². The van der Waals surface area contributed by atoms with Crippen LogP contribution in [0.3, 0.4) is 0 Å². The minimum Gasteiger partial charge on any atom is -0.460 e. The van der Waals surface area contributed by atoms with Crippen LogP contribution in [0.25, 0.3) is 22.6 Å². The highest BCUT2D eigenvalue weighted by Gasteiger charge is 2.52. The number of anilines is 2. The summed E-state index contributed by atoms with van der Waals surface area (Å²) >= 11 is 0. The van der Waals surface area contributed by atoms with E-state index in [9.17, 15) is 0 Å². The molecule has 2 heteroatoms. The van der Waals surface area contributed by atoms with Gasteiger partial charge >= 0.3 is 0 Å². The van der Waals surface area contributed by atoms with Gasteiger partial charge in [-0.1, -0.05) is 66.8 Å². The largest absolute Gasteiger partial charge is 0.460 e. The molecule has 1 atom stereocenters. The summed E-state index contributed by atoms with van der Waals surface area (Å²) in [5.74, 6) is 1.12. The number of nitrogens with one attached hydrogen (secondary N) is 1. The summed E-state index contributed by atoms with van der Waals surface area (Å²) in [6, 6.07) is 22.5. The Morgan fingerprint density at radius 3 is 2.61 bits per heavy atom. The minimum absolute atomic E-state index is 0.309. The molecule has 1 N–H and O–H groups in total. The molecule has 2 nitrogen and oxygen atoms in total. The Hall–Kier alpha value is -3.78. The molecule has 4 aliphatic rings. The SMILES string of the molecule is C1=Cc2c(oc3cc4c(cc23)C2(C3=CCCC=C3c3ccccc32)c2ccccc2N4)CC1. The van der Waals surface area contributed by atoms with E-state index < -0.39 is 0 Å². The average molecular weight is 426 g/mol. The Balaban J connectivity index is 1.55. The standard InChI is InChI=1S/C31H23NO/c1-4-12-23-19(9-1)20-10-2-5-13-24(20)31(23)25-14-6-7-15-27(25)32-28-18-30-22(17-26(28)31)21-11-3-8-16-29(21)33-30/h1,3-4,6-7,9-15,17-18,32H,2,5,8,16H2. The number of furan rings is 1. The second kappa shape index (κ2) is 6.17. The van der Waals surface area contributed by atoms with Gasteiger partial charge in [-0.05, 0) is 64.8 Å². The zero-order valence-electron chi connectivity index (χ0n) is 18.3. The first-order chi connectivity index (χ1) is 16.4. The zero-order chi connectivity index (χ0) is 21.6. The lowest BCUT2D eigenvalue weighted by Crippen LogP contribution is -2.33. The summed E-state index contributed by atoms with van der Waals surface area (Å²) in [6.45, 7) is 0. The van der Waals surface area contributed by atoms with Gasteiger partial charge in [0.25, 0.3) is 0 Å². The number of rotatable bonds is 0. The number of aryl methyl sites for hydroxylation is 1. The maximum Gasteiger partial charge on any atom is 0.137 e. The molecule has 8 rings (SSSR count). The monoisotopic (exact) mass is 425 g/mol. The van der Waals surface area contributed by atoms with Crippen molar-refractivity contribution in [2.75, 3.05) is 5.32 Å². The maximum absolute atomic E-state index is 6.35. The van der Waals surface area contributed by atoms with Crippen molar-refractivity contribution in [2.45, 2.75) is 31.1 Å². The summed E-state index contributed by atoms with van der Waals surface area (Å²) in [6.07, 6.45) is 13.7. The van der Waals surface area contributed by atoms with Gasteiger partial charge in [-0.2, -0.15) is 0 Å². The van der Waals surface area contributed by atoms with Crippen LogP contribution in [0.4, 0.5) is 11.4 Å². The molecule has 0 amide bonds. The van der Waals surface area contributed by atoms with E-state index in [0.717, 1.165) is 42.7 Å². The summed E-state index contributed by atoms with van der Waals surface area (Å²) in [5.41, 5.74) is 12.6. The van der Waals surface area contributed by atoms with Crippen molar-refractivity contribution in [2.24, 2.45) is 0 Å². The highest BCUT2D eigenvalue weighted by atomic mass is 16.3. The van der Waals surface area contributed by atoms with Crippen molar-refractivity contribution in [1.29, 1.82) is 0 Å². The molecule has 1 aliphatic heterocycles. The third kappa shape index (κ3) is 2.10. The van der Waals surface area contributed by atoms with Gasteiger partial charge in [0, 0.05) is 34.8 Å². The molecule has 3 aliphatic carbocycles. The molecule has 0 radical (unpaired) electrons. The Morgan fingerprint density at radius 1 is 0.788 bits per heavy atom. The number of hydrogen-bond donors (Lipinski definition) is 1. The fourth-order valence-electron chi connectivity index (χ4n) is 6.68. The molecule has 4 aromatic rings. The molecule has 0 fully saturated rings. The van der Waals surface area contributed by atoms with Gasteiger partial charge in [-0.15, -0.1) is 0 Å². The summed E-state index contributed by atoms with van der Waals surface area (Å²) in [4.78, 5) is 0. The Morgan fingerprint density at radius 2 is 1.64 bits per heavy atom. The molecule has 2 heterocycles. The Kier molecular flexibility index (Phi) is 3.32. The molecule has 158 valence electrons. The van der Waals surface area contributed by atoms with E-state index in [1.54, 1.807) is 0 Å². The quantitative estimate of drug-likeness (QED) is 0.310. The lowest BCUT2D eigenvalue weighted by atomic mass is 9.64. The average Bonchev–Trinajstić information content (AvgIpc) is 3.37. The lowest BCUT2D eigenvalue weighted by molar-refractivity contribution is 0.546. The van der Waals surface area contributed by atoms with Gasteiger partial charge < -0.3 is 9.73 Å². The van der Waals surface area contributed by atoms with E-state index in [4.69, 9.17) is 4.42 Å². The van der Waals surface area contributed by atoms with Gasteiger partial charge in [0.15, 0.2) is 0 Å². The predicted molar refractivity (Wildman–Crippen MR) is 135 cm³/mol. The van der Waals surface area contributed by atoms with Crippen LogP contribution in [-0.2, 0) is 11.8 Å². The molecule has 1 unspecified atom stereocenters. The molecule has 1 aromatic heterocycles. The summed E-state index contributed by atoms with van der Waals surface area (Å²) < 4.78 is 6.35. The van der Waals surface area contributed by atoms with Gasteiger partial charge in [-0.25, -0.2) is 0 Å². The number of allylic oxidation sites excluding steroid dienone is 5. The second-order valence-corrected chi connectivity index (χ2v) is 9.55. The van der Waals surface area contributed by atoms with E-state index in [1.807, 2.05) is 0 Å². The topological polar surface area (TPSA) is 25.2 Å². The molecule has 0 saturated heterocycles. The van der Waals surface area contributed by atoms with Gasteiger partial charge in [0.2, 0.25) is 0 Å². The van der Waals surface area contributed by atoms with Crippen molar-refractivity contribution in [3.05, 3.63) is 118 Å².